The van der Waals surface area contributed by atoms with Crippen molar-refractivity contribution >= 4 is 16.7 Å². The standard InChI is InChI=1S/C22H20N4O2/c1-14-8-10-18(11-9-14)26-13-17(23-24-26)12-25-20-7-5-4-6-19(20)15(2)21(16(3)27)22(25)28/h4-11,13H,12H2,1-3H3. The summed E-state index contributed by atoms with van der Waals surface area (Å²) in [6.07, 6.45) is 1.80. The van der Waals surface area contributed by atoms with Crippen LogP contribution in [0.3, 0.4) is 0 Å². The third kappa shape index (κ3) is 3.03. The minimum absolute atomic E-state index is 0.227. The summed E-state index contributed by atoms with van der Waals surface area (Å²) in [6, 6.07) is 15.6. The maximum atomic E-state index is 13.1. The van der Waals surface area contributed by atoms with E-state index in [1.165, 1.54) is 12.5 Å². The zero-order chi connectivity index (χ0) is 19.8. The lowest BCUT2D eigenvalue weighted by Gasteiger charge is -2.13. The zero-order valence-electron chi connectivity index (χ0n) is 16.0. The topological polar surface area (TPSA) is 69.8 Å². The molecule has 4 aromatic rings. The Morgan fingerprint density at radius 3 is 2.46 bits per heavy atom. The number of rotatable bonds is 4. The maximum absolute atomic E-state index is 13.1. The average Bonchev–Trinajstić information content (AvgIpc) is 3.14. The number of hydrogen-bond acceptors (Lipinski definition) is 4. The van der Waals surface area contributed by atoms with Crippen LogP contribution in [-0.2, 0) is 6.54 Å². The van der Waals surface area contributed by atoms with Crippen molar-refractivity contribution in [3.63, 3.8) is 0 Å². The molecule has 28 heavy (non-hydrogen) atoms. The molecule has 0 saturated heterocycles. The number of fused-ring (bicyclic) bond motifs is 1. The Bertz CT molecular complexity index is 1250. The lowest BCUT2D eigenvalue weighted by Crippen LogP contribution is -2.28. The normalized spacial score (nSPS) is 11.1. The molecule has 0 fully saturated rings. The SMILES string of the molecule is CC(=O)c1c(C)c2ccccc2n(Cc2cn(-c3ccc(C)cc3)nn2)c1=O. The van der Waals surface area contributed by atoms with Crippen molar-refractivity contribution in [3.8, 4) is 5.69 Å². The highest BCUT2D eigenvalue weighted by Gasteiger charge is 2.18. The first-order valence-electron chi connectivity index (χ1n) is 9.07. The number of aromatic nitrogens is 4. The van der Waals surface area contributed by atoms with E-state index < -0.39 is 0 Å². The summed E-state index contributed by atoms with van der Waals surface area (Å²) in [7, 11) is 0. The van der Waals surface area contributed by atoms with Crippen LogP contribution in [0.5, 0.6) is 0 Å². The van der Waals surface area contributed by atoms with Gasteiger partial charge in [0, 0.05) is 5.39 Å². The molecule has 140 valence electrons. The fourth-order valence-corrected chi connectivity index (χ4v) is 3.49. The van der Waals surface area contributed by atoms with Crippen LogP contribution < -0.4 is 5.56 Å². The molecule has 6 nitrogen and oxygen atoms in total. The van der Waals surface area contributed by atoms with Crippen molar-refractivity contribution in [3.05, 3.63) is 87.5 Å². The smallest absolute Gasteiger partial charge is 0.262 e. The molecule has 6 heteroatoms. The quantitative estimate of drug-likeness (QED) is 0.515. The van der Waals surface area contributed by atoms with E-state index in [9.17, 15) is 9.59 Å². The summed E-state index contributed by atoms with van der Waals surface area (Å²) in [4.78, 5) is 25.2. The van der Waals surface area contributed by atoms with Crippen LogP contribution >= 0.6 is 0 Å². The Kier molecular flexibility index (Phi) is 4.39. The number of hydrogen-bond donors (Lipinski definition) is 0. The average molecular weight is 372 g/mol. The molecule has 4 rings (SSSR count). The number of nitrogens with zero attached hydrogens (tertiary/aromatic N) is 4. The van der Waals surface area contributed by atoms with Crippen LogP contribution in [-0.4, -0.2) is 25.3 Å². The summed E-state index contributed by atoms with van der Waals surface area (Å²) >= 11 is 0. The van der Waals surface area contributed by atoms with Gasteiger partial charge in [-0.25, -0.2) is 4.68 Å². The molecule has 0 saturated carbocycles. The third-order valence-electron chi connectivity index (χ3n) is 4.94. The number of aryl methyl sites for hydroxylation is 2. The highest BCUT2D eigenvalue weighted by molar-refractivity contribution is 6.00. The molecule has 0 N–H and O–H groups in total. The molecule has 0 radical (unpaired) electrons. The van der Waals surface area contributed by atoms with Gasteiger partial charge in [-0.05, 0) is 44.5 Å². The van der Waals surface area contributed by atoms with Crippen molar-refractivity contribution in [1.29, 1.82) is 0 Å². The first kappa shape index (κ1) is 17.9. The Balaban J connectivity index is 1.81. The van der Waals surface area contributed by atoms with Crippen LogP contribution in [0.4, 0.5) is 0 Å². The van der Waals surface area contributed by atoms with Gasteiger partial charge in [0.15, 0.2) is 5.78 Å². The first-order valence-corrected chi connectivity index (χ1v) is 9.07. The molecule has 0 spiro atoms. The first-order chi connectivity index (χ1) is 13.5. The van der Waals surface area contributed by atoms with Crippen LogP contribution in [0, 0.1) is 13.8 Å². The van der Waals surface area contributed by atoms with Crippen molar-refractivity contribution in [2.75, 3.05) is 0 Å². The van der Waals surface area contributed by atoms with E-state index in [0.717, 1.165) is 16.6 Å². The molecule has 2 aromatic carbocycles. The van der Waals surface area contributed by atoms with Gasteiger partial charge in [0.2, 0.25) is 0 Å². The van der Waals surface area contributed by atoms with Crippen molar-refractivity contribution < 1.29 is 4.79 Å². The second-order valence-corrected chi connectivity index (χ2v) is 6.95. The zero-order valence-corrected chi connectivity index (χ0v) is 16.0. The van der Waals surface area contributed by atoms with E-state index in [-0.39, 0.29) is 23.5 Å². The fourth-order valence-electron chi connectivity index (χ4n) is 3.49. The molecule has 2 heterocycles. The number of pyridine rings is 1. The molecule has 0 aliphatic carbocycles. The van der Waals surface area contributed by atoms with E-state index in [1.807, 2.05) is 62.4 Å². The number of Topliss-reactive ketones (excluding diaryl/α,β-unsaturated/α-hetero) is 1. The van der Waals surface area contributed by atoms with Gasteiger partial charge in [-0.3, -0.25) is 9.59 Å². The van der Waals surface area contributed by atoms with Crippen LogP contribution in [0.2, 0.25) is 0 Å². The maximum Gasteiger partial charge on any atom is 0.262 e. The van der Waals surface area contributed by atoms with E-state index in [2.05, 4.69) is 10.3 Å². The van der Waals surface area contributed by atoms with Gasteiger partial charge in [-0.2, -0.15) is 0 Å². The Morgan fingerprint density at radius 1 is 1.04 bits per heavy atom. The molecule has 0 aliphatic heterocycles. The van der Waals surface area contributed by atoms with Crippen molar-refractivity contribution in [2.24, 2.45) is 0 Å². The number of benzene rings is 2. The molecular formula is C22H20N4O2. The van der Waals surface area contributed by atoms with Gasteiger partial charge in [0.25, 0.3) is 5.56 Å². The summed E-state index contributed by atoms with van der Waals surface area (Å²) in [6.45, 7) is 5.51. The molecule has 0 bridgehead atoms. The van der Waals surface area contributed by atoms with E-state index in [1.54, 1.807) is 15.4 Å². The fraction of sp³-hybridized carbons (Fsp3) is 0.182. The largest absolute Gasteiger partial charge is 0.301 e. The number of carbonyl (C=O) groups is 1. The second kappa shape index (κ2) is 6.88. The second-order valence-electron chi connectivity index (χ2n) is 6.95. The minimum atomic E-state index is -0.298. The van der Waals surface area contributed by atoms with Gasteiger partial charge >= 0.3 is 0 Å². The van der Waals surface area contributed by atoms with Crippen LogP contribution in [0.15, 0.2) is 59.5 Å². The van der Waals surface area contributed by atoms with Crippen molar-refractivity contribution in [1.82, 2.24) is 19.6 Å². The third-order valence-corrected chi connectivity index (χ3v) is 4.94. The monoisotopic (exact) mass is 372 g/mol. The predicted molar refractivity (Wildman–Crippen MR) is 108 cm³/mol. The molecule has 0 atom stereocenters. The molecule has 0 aliphatic rings. The summed E-state index contributed by atoms with van der Waals surface area (Å²) in [5.74, 6) is -0.231. The Labute approximate surface area is 162 Å². The summed E-state index contributed by atoms with van der Waals surface area (Å²) < 4.78 is 3.28. The Morgan fingerprint density at radius 2 is 1.75 bits per heavy atom. The van der Waals surface area contributed by atoms with E-state index >= 15 is 0 Å². The van der Waals surface area contributed by atoms with Gasteiger partial charge in [0.1, 0.15) is 5.69 Å². The lowest BCUT2D eigenvalue weighted by molar-refractivity contribution is 0.101. The molecular weight excluding hydrogens is 352 g/mol. The van der Waals surface area contributed by atoms with Gasteiger partial charge in [0.05, 0.1) is 29.5 Å². The highest BCUT2D eigenvalue weighted by Crippen LogP contribution is 2.20. The number of carbonyl (C=O) groups excluding carboxylic acids is 1. The van der Waals surface area contributed by atoms with Crippen LogP contribution in [0.1, 0.15) is 34.1 Å². The van der Waals surface area contributed by atoms with Gasteiger partial charge in [-0.15, -0.1) is 5.10 Å². The molecule has 0 amide bonds. The van der Waals surface area contributed by atoms with Crippen LogP contribution in [0.25, 0.3) is 16.6 Å². The highest BCUT2D eigenvalue weighted by atomic mass is 16.1. The number of ketones is 1. The lowest BCUT2D eigenvalue weighted by atomic mass is 10.0. The Hall–Kier alpha value is -3.54. The summed E-state index contributed by atoms with van der Waals surface area (Å²) in [5.41, 5.74) is 4.13. The van der Waals surface area contributed by atoms with Gasteiger partial charge < -0.3 is 4.57 Å². The van der Waals surface area contributed by atoms with Crippen molar-refractivity contribution in [2.45, 2.75) is 27.3 Å². The number of para-hydroxylation sites is 1. The predicted octanol–water partition coefficient (Wildman–Crippen LogP) is 3.45. The van der Waals surface area contributed by atoms with Gasteiger partial charge in [-0.1, -0.05) is 41.1 Å². The molecule has 2 aromatic heterocycles. The summed E-state index contributed by atoms with van der Waals surface area (Å²) in [5, 5.41) is 9.29. The minimum Gasteiger partial charge on any atom is -0.301 e. The van der Waals surface area contributed by atoms with E-state index in [4.69, 9.17) is 0 Å². The van der Waals surface area contributed by atoms with E-state index in [0.29, 0.717) is 11.3 Å². The molecule has 0 unspecified atom stereocenters.